The fraction of sp³-hybridized carbons (Fsp3) is 0.348. The molecule has 164 valence electrons. The minimum atomic E-state index is -0.589. The number of fused-ring (bicyclic) bond motifs is 2. The summed E-state index contributed by atoms with van der Waals surface area (Å²) in [5, 5.41) is 14.4. The number of nitrogens with one attached hydrogen (secondary N) is 3. The molecule has 3 aromatic rings. The van der Waals surface area contributed by atoms with E-state index < -0.39 is 6.04 Å². The molecule has 0 saturated heterocycles. The Hall–Kier alpha value is -2.90. The van der Waals surface area contributed by atoms with Crippen LogP contribution in [0.25, 0.3) is 10.9 Å². The smallest absolute Gasteiger partial charge is 0.250 e. The number of amides is 2. The third kappa shape index (κ3) is 4.29. The SMILES string of the molecule is CNC(C)C(=O)N[C@H]1CCc2ccccc2N([C@@H](C)c2n[nH]c3ccccc23)C1=O.Cl. The Kier molecular flexibility index (Phi) is 6.97. The van der Waals surface area contributed by atoms with Gasteiger partial charge < -0.3 is 15.5 Å². The average Bonchev–Trinajstić information content (AvgIpc) is 3.15. The molecule has 3 atom stereocenters. The van der Waals surface area contributed by atoms with E-state index in [1.807, 2.05) is 55.5 Å². The van der Waals surface area contributed by atoms with Gasteiger partial charge in [-0.05, 0) is 51.4 Å². The number of carbonyl (C=O) groups is 2. The van der Waals surface area contributed by atoms with E-state index in [9.17, 15) is 9.59 Å². The van der Waals surface area contributed by atoms with Gasteiger partial charge in [-0.3, -0.25) is 14.7 Å². The molecule has 2 aromatic carbocycles. The number of carbonyl (C=O) groups excluding carboxylic acids is 2. The van der Waals surface area contributed by atoms with E-state index in [2.05, 4.69) is 20.8 Å². The number of benzene rings is 2. The first-order valence-electron chi connectivity index (χ1n) is 10.3. The standard InChI is InChI=1S/C23H27N5O2.ClH/c1-14(24-3)22(29)25-19-13-12-16-8-4-7-11-20(16)28(23(19)30)15(2)21-17-9-5-6-10-18(17)26-27-21;/h4-11,14-15,19,24H,12-13H2,1-3H3,(H,25,29)(H,26,27);1H/t14?,15-,19-;/m0./s1. The highest BCUT2D eigenvalue weighted by Crippen LogP contribution is 2.35. The van der Waals surface area contributed by atoms with Gasteiger partial charge in [-0.15, -0.1) is 12.4 Å². The van der Waals surface area contributed by atoms with Crippen LogP contribution >= 0.6 is 12.4 Å². The lowest BCUT2D eigenvalue weighted by molar-refractivity contribution is -0.128. The maximum absolute atomic E-state index is 13.7. The molecule has 31 heavy (non-hydrogen) atoms. The van der Waals surface area contributed by atoms with Crippen molar-refractivity contribution in [1.29, 1.82) is 0 Å². The first kappa shape index (κ1) is 22.8. The minimum Gasteiger partial charge on any atom is -0.343 e. The maximum Gasteiger partial charge on any atom is 0.250 e. The normalized spacial score (nSPS) is 18.0. The number of rotatable bonds is 5. The molecule has 0 fully saturated rings. The highest BCUT2D eigenvalue weighted by molar-refractivity contribution is 6.02. The maximum atomic E-state index is 13.7. The number of hydrogen-bond acceptors (Lipinski definition) is 4. The molecule has 0 bridgehead atoms. The molecule has 7 nitrogen and oxygen atoms in total. The summed E-state index contributed by atoms with van der Waals surface area (Å²) in [6.07, 6.45) is 1.27. The summed E-state index contributed by atoms with van der Waals surface area (Å²) in [4.78, 5) is 28.0. The van der Waals surface area contributed by atoms with Crippen LogP contribution in [0.3, 0.4) is 0 Å². The van der Waals surface area contributed by atoms with Crippen molar-refractivity contribution < 1.29 is 9.59 Å². The van der Waals surface area contributed by atoms with Crippen molar-refractivity contribution >= 4 is 40.8 Å². The lowest BCUT2D eigenvalue weighted by atomic mass is 10.1. The number of para-hydroxylation sites is 2. The number of hydrogen-bond donors (Lipinski definition) is 3. The number of aromatic amines is 1. The third-order valence-corrected chi connectivity index (χ3v) is 5.91. The molecule has 1 aliphatic heterocycles. The molecule has 1 aromatic heterocycles. The summed E-state index contributed by atoms with van der Waals surface area (Å²) in [7, 11) is 1.73. The van der Waals surface area contributed by atoms with Crippen LogP contribution in [0.2, 0.25) is 0 Å². The molecular weight excluding hydrogens is 414 g/mol. The number of halogens is 1. The van der Waals surface area contributed by atoms with Gasteiger partial charge in [0, 0.05) is 11.1 Å². The van der Waals surface area contributed by atoms with Crippen molar-refractivity contribution in [2.75, 3.05) is 11.9 Å². The summed E-state index contributed by atoms with van der Waals surface area (Å²) in [6.45, 7) is 3.76. The fourth-order valence-electron chi connectivity index (χ4n) is 4.05. The Morgan fingerprint density at radius 1 is 1.16 bits per heavy atom. The van der Waals surface area contributed by atoms with E-state index in [-0.39, 0.29) is 36.3 Å². The first-order valence-corrected chi connectivity index (χ1v) is 10.3. The number of aromatic nitrogens is 2. The molecule has 0 spiro atoms. The van der Waals surface area contributed by atoms with Crippen molar-refractivity contribution in [3.8, 4) is 0 Å². The van der Waals surface area contributed by atoms with Gasteiger partial charge in [0.2, 0.25) is 11.8 Å². The minimum absolute atomic E-state index is 0. The van der Waals surface area contributed by atoms with Gasteiger partial charge in [0.05, 0.1) is 23.3 Å². The van der Waals surface area contributed by atoms with Gasteiger partial charge in [-0.2, -0.15) is 5.10 Å². The van der Waals surface area contributed by atoms with E-state index in [1.54, 1.807) is 18.9 Å². The van der Waals surface area contributed by atoms with Gasteiger partial charge in [-0.25, -0.2) is 0 Å². The van der Waals surface area contributed by atoms with Crippen molar-refractivity contribution in [1.82, 2.24) is 20.8 Å². The average molecular weight is 442 g/mol. The van der Waals surface area contributed by atoms with Crippen molar-refractivity contribution in [3.05, 3.63) is 59.8 Å². The second-order valence-electron chi connectivity index (χ2n) is 7.78. The molecule has 0 aliphatic carbocycles. The van der Waals surface area contributed by atoms with E-state index in [4.69, 9.17) is 0 Å². The number of anilines is 1. The Balaban J connectivity index is 0.00000272. The van der Waals surface area contributed by atoms with Crippen LogP contribution in [0.5, 0.6) is 0 Å². The molecule has 1 aliphatic rings. The van der Waals surface area contributed by atoms with E-state index in [1.165, 1.54) is 0 Å². The van der Waals surface area contributed by atoms with Crippen molar-refractivity contribution in [2.45, 2.75) is 44.8 Å². The lowest BCUT2D eigenvalue weighted by Gasteiger charge is -2.31. The summed E-state index contributed by atoms with van der Waals surface area (Å²) < 4.78 is 0. The van der Waals surface area contributed by atoms with Gasteiger partial charge in [0.15, 0.2) is 0 Å². The Labute approximate surface area is 188 Å². The van der Waals surface area contributed by atoms with Crippen LogP contribution in [0.4, 0.5) is 5.69 Å². The number of likely N-dealkylation sites (N-methyl/N-ethyl adjacent to an activating group) is 1. The second kappa shape index (κ2) is 9.49. The number of nitrogens with zero attached hydrogens (tertiary/aromatic N) is 2. The molecule has 0 saturated carbocycles. The predicted molar refractivity (Wildman–Crippen MR) is 124 cm³/mol. The monoisotopic (exact) mass is 441 g/mol. The number of H-pyrrole nitrogens is 1. The zero-order valence-electron chi connectivity index (χ0n) is 17.9. The van der Waals surface area contributed by atoms with Gasteiger partial charge in [0.25, 0.3) is 0 Å². The molecule has 8 heteroatoms. The van der Waals surface area contributed by atoms with Crippen LogP contribution < -0.4 is 15.5 Å². The van der Waals surface area contributed by atoms with Crippen LogP contribution in [-0.4, -0.2) is 41.1 Å². The van der Waals surface area contributed by atoms with E-state index >= 15 is 0 Å². The van der Waals surface area contributed by atoms with Crippen LogP contribution in [0.15, 0.2) is 48.5 Å². The summed E-state index contributed by atoms with van der Waals surface area (Å²) in [6, 6.07) is 14.6. The summed E-state index contributed by atoms with van der Waals surface area (Å²) >= 11 is 0. The van der Waals surface area contributed by atoms with Gasteiger partial charge >= 0.3 is 0 Å². The molecule has 2 amide bonds. The Morgan fingerprint density at radius 3 is 2.65 bits per heavy atom. The topological polar surface area (TPSA) is 90.1 Å². The largest absolute Gasteiger partial charge is 0.343 e. The predicted octanol–water partition coefficient (Wildman–Crippen LogP) is 3.12. The van der Waals surface area contributed by atoms with Gasteiger partial charge in [-0.1, -0.05) is 36.4 Å². The highest BCUT2D eigenvalue weighted by Gasteiger charge is 2.36. The highest BCUT2D eigenvalue weighted by atomic mass is 35.5. The molecule has 4 rings (SSSR count). The fourth-order valence-corrected chi connectivity index (χ4v) is 4.05. The summed E-state index contributed by atoms with van der Waals surface area (Å²) in [5.74, 6) is -0.296. The van der Waals surface area contributed by atoms with Gasteiger partial charge in [0.1, 0.15) is 6.04 Å². The van der Waals surface area contributed by atoms with E-state index in [0.29, 0.717) is 12.8 Å². The van der Waals surface area contributed by atoms with Crippen LogP contribution in [0, 0.1) is 0 Å². The lowest BCUT2D eigenvalue weighted by Crippen LogP contribution is -2.52. The number of aryl methyl sites for hydroxylation is 1. The second-order valence-corrected chi connectivity index (χ2v) is 7.78. The summed E-state index contributed by atoms with van der Waals surface area (Å²) in [5.41, 5.74) is 3.71. The van der Waals surface area contributed by atoms with Crippen LogP contribution in [-0.2, 0) is 16.0 Å². The third-order valence-electron chi connectivity index (χ3n) is 5.91. The molecule has 1 unspecified atom stereocenters. The van der Waals surface area contributed by atoms with Crippen LogP contribution in [0.1, 0.15) is 37.6 Å². The molecular formula is C23H28ClN5O2. The molecule has 3 N–H and O–H groups in total. The zero-order chi connectivity index (χ0) is 21.3. The first-order chi connectivity index (χ1) is 14.5. The Bertz CT molecular complexity index is 1080. The quantitative estimate of drug-likeness (QED) is 0.567. The van der Waals surface area contributed by atoms with Crippen molar-refractivity contribution in [2.24, 2.45) is 0 Å². The zero-order valence-corrected chi connectivity index (χ0v) is 18.7. The van der Waals surface area contributed by atoms with Crippen molar-refractivity contribution in [3.63, 3.8) is 0 Å². The molecule has 2 heterocycles. The Morgan fingerprint density at radius 2 is 1.87 bits per heavy atom. The molecule has 0 radical (unpaired) electrons. The van der Waals surface area contributed by atoms with E-state index in [0.717, 1.165) is 27.8 Å².